The van der Waals surface area contributed by atoms with Crippen molar-refractivity contribution in [3.05, 3.63) is 35.9 Å². The van der Waals surface area contributed by atoms with Crippen LogP contribution in [-0.2, 0) is 0 Å². The van der Waals surface area contributed by atoms with Gasteiger partial charge in [0.05, 0.1) is 0 Å². The van der Waals surface area contributed by atoms with Gasteiger partial charge in [-0.3, -0.25) is 0 Å². The van der Waals surface area contributed by atoms with Crippen molar-refractivity contribution in [3.63, 3.8) is 0 Å². The van der Waals surface area contributed by atoms with E-state index in [0.29, 0.717) is 18.0 Å². The Morgan fingerprint density at radius 2 is 1.86 bits per heavy atom. The summed E-state index contributed by atoms with van der Waals surface area (Å²) < 4.78 is 2.09. The molecule has 0 unspecified atom stereocenters. The molecule has 0 radical (unpaired) electrons. The SMILES string of the molecule is CC(C)N1CCC(CCN(Cl)[C@@H]2C[C@H]2c2ccccc2)CC1. The van der Waals surface area contributed by atoms with Crippen LogP contribution in [0, 0.1) is 5.92 Å². The normalized spacial score (nSPS) is 26.8. The minimum atomic E-state index is 0.555. The minimum Gasteiger partial charge on any atom is -0.301 e. The lowest BCUT2D eigenvalue weighted by Crippen LogP contribution is -2.39. The highest BCUT2D eigenvalue weighted by molar-refractivity contribution is 6.13. The number of rotatable bonds is 6. The van der Waals surface area contributed by atoms with Crippen LogP contribution in [0.2, 0.25) is 0 Å². The summed E-state index contributed by atoms with van der Waals surface area (Å²) in [7, 11) is 0. The van der Waals surface area contributed by atoms with Gasteiger partial charge in [0, 0.05) is 24.5 Å². The lowest BCUT2D eigenvalue weighted by atomic mass is 9.93. The summed E-state index contributed by atoms with van der Waals surface area (Å²) in [6, 6.07) is 12.1. The largest absolute Gasteiger partial charge is 0.301 e. The topological polar surface area (TPSA) is 6.48 Å². The summed E-state index contributed by atoms with van der Waals surface area (Å²) in [5.41, 5.74) is 1.45. The third kappa shape index (κ3) is 4.04. The number of hydrogen-bond donors (Lipinski definition) is 0. The van der Waals surface area contributed by atoms with E-state index in [-0.39, 0.29) is 0 Å². The van der Waals surface area contributed by atoms with Crippen LogP contribution < -0.4 is 0 Å². The molecule has 0 amide bonds. The molecule has 2 atom stereocenters. The molecule has 2 nitrogen and oxygen atoms in total. The van der Waals surface area contributed by atoms with Gasteiger partial charge in [0.1, 0.15) is 0 Å². The first-order valence-electron chi connectivity index (χ1n) is 8.86. The summed E-state index contributed by atoms with van der Waals surface area (Å²) in [5, 5.41) is 0. The van der Waals surface area contributed by atoms with Crippen LogP contribution in [0.3, 0.4) is 0 Å². The van der Waals surface area contributed by atoms with E-state index in [1.807, 2.05) is 0 Å². The smallest absolute Gasteiger partial charge is 0.0327 e. The maximum absolute atomic E-state index is 6.54. The van der Waals surface area contributed by atoms with Gasteiger partial charge in [-0.2, -0.15) is 0 Å². The van der Waals surface area contributed by atoms with Crippen molar-refractivity contribution in [2.45, 2.75) is 57.5 Å². The molecule has 1 aliphatic heterocycles. The number of benzene rings is 1. The molecule has 1 saturated carbocycles. The second-order valence-electron chi connectivity index (χ2n) is 7.31. The Labute approximate surface area is 140 Å². The Bertz CT molecular complexity index is 454. The molecule has 2 aliphatic rings. The van der Waals surface area contributed by atoms with Crippen molar-refractivity contribution >= 4 is 11.8 Å². The van der Waals surface area contributed by atoms with Crippen molar-refractivity contribution in [2.24, 2.45) is 5.92 Å². The quantitative estimate of drug-likeness (QED) is 0.712. The molecule has 3 rings (SSSR count). The first kappa shape index (κ1) is 16.3. The number of halogens is 1. The molecule has 0 bridgehead atoms. The number of nitrogens with zero attached hydrogens (tertiary/aromatic N) is 2. The fraction of sp³-hybridized carbons (Fsp3) is 0.684. The second-order valence-corrected chi connectivity index (χ2v) is 7.74. The molecule has 0 spiro atoms. The van der Waals surface area contributed by atoms with Gasteiger partial charge in [-0.05, 0) is 75.9 Å². The maximum atomic E-state index is 6.54. The molecule has 1 aromatic rings. The van der Waals surface area contributed by atoms with E-state index in [2.05, 4.69) is 53.5 Å². The summed E-state index contributed by atoms with van der Waals surface area (Å²) in [5.74, 6) is 1.52. The molecule has 1 saturated heterocycles. The lowest BCUT2D eigenvalue weighted by Gasteiger charge is -2.35. The highest BCUT2D eigenvalue weighted by Crippen LogP contribution is 2.45. The predicted octanol–water partition coefficient (Wildman–Crippen LogP) is 4.51. The summed E-state index contributed by atoms with van der Waals surface area (Å²) in [6.45, 7) is 8.18. The van der Waals surface area contributed by atoms with Gasteiger partial charge in [-0.25, -0.2) is 4.42 Å². The van der Waals surface area contributed by atoms with Gasteiger partial charge in [0.2, 0.25) is 0 Å². The number of piperidine rings is 1. The zero-order chi connectivity index (χ0) is 15.5. The van der Waals surface area contributed by atoms with Gasteiger partial charge in [0.15, 0.2) is 0 Å². The molecule has 22 heavy (non-hydrogen) atoms. The molecule has 1 heterocycles. The first-order chi connectivity index (χ1) is 10.6. The third-order valence-electron chi connectivity index (χ3n) is 5.47. The van der Waals surface area contributed by atoms with E-state index in [1.165, 1.54) is 44.3 Å². The standard InChI is InChI=1S/C19H29ClN2/c1-15(2)21-11-8-16(9-12-21)10-13-22(20)19-14-18(19)17-6-4-3-5-7-17/h3-7,15-16,18-19H,8-14H2,1-2H3/t18-,19+/m0/s1. The summed E-state index contributed by atoms with van der Waals surface area (Å²) in [4.78, 5) is 2.60. The van der Waals surface area contributed by atoms with Crippen LogP contribution in [-0.4, -0.2) is 41.0 Å². The molecular weight excluding hydrogens is 292 g/mol. The third-order valence-corrected chi connectivity index (χ3v) is 5.89. The van der Waals surface area contributed by atoms with Gasteiger partial charge in [0.25, 0.3) is 0 Å². The molecule has 2 fully saturated rings. The molecule has 122 valence electrons. The molecule has 0 aromatic heterocycles. The zero-order valence-electron chi connectivity index (χ0n) is 13.9. The highest BCUT2D eigenvalue weighted by Gasteiger charge is 2.42. The van der Waals surface area contributed by atoms with Crippen LogP contribution in [0.1, 0.15) is 51.0 Å². The Morgan fingerprint density at radius 3 is 2.50 bits per heavy atom. The van der Waals surface area contributed by atoms with Crippen molar-refractivity contribution in [1.29, 1.82) is 0 Å². The van der Waals surface area contributed by atoms with Crippen LogP contribution in [0.15, 0.2) is 30.3 Å². The van der Waals surface area contributed by atoms with Crippen LogP contribution in [0.4, 0.5) is 0 Å². The Balaban J connectivity index is 1.38. The monoisotopic (exact) mass is 320 g/mol. The van der Waals surface area contributed by atoms with Crippen molar-refractivity contribution in [1.82, 2.24) is 9.32 Å². The zero-order valence-corrected chi connectivity index (χ0v) is 14.7. The Hall–Kier alpha value is -0.570. The Morgan fingerprint density at radius 1 is 1.18 bits per heavy atom. The highest BCUT2D eigenvalue weighted by atomic mass is 35.5. The number of likely N-dealkylation sites (tertiary alicyclic amines) is 1. The fourth-order valence-electron chi connectivity index (χ4n) is 3.78. The van der Waals surface area contributed by atoms with E-state index >= 15 is 0 Å². The maximum Gasteiger partial charge on any atom is 0.0327 e. The van der Waals surface area contributed by atoms with Gasteiger partial charge in [-0.15, -0.1) is 0 Å². The second kappa shape index (κ2) is 7.33. The van der Waals surface area contributed by atoms with E-state index in [9.17, 15) is 0 Å². The average Bonchev–Trinajstić information content (AvgIpc) is 3.34. The molecule has 3 heteroatoms. The van der Waals surface area contributed by atoms with Gasteiger partial charge in [-0.1, -0.05) is 30.3 Å². The van der Waals surface area contributed by atoms with Gasteiger partial charge < -0.3 is 4.90 Å². The molecule has 1 aliphatic carbocycles. The van der Waals surface area contributed by atoms with Crippen molar-refractivity contribution in [3.8, 4) is 0 Å². The summed E-state index contributed by atoms with van der Waals surface area (Å²) >= 11 is 6.54. The van der Waals surface area contributed by atoms with E-state index in [4.69, 9.17) is 11.8 Å². The molecule has 1 aromatic carbocycles. The van der Waals surface area contributed by atoms with Gasteiger partial charge >= 0.3 is 0 Å². The predicted molar refractivity (Wildman–Crippen MR) is 94.2 cm³/mol. The van der Waals surface area contributed by atoms with Crippen LogP contribution in [0.5, 0.6) is 0 Å². The molecule has 0 N–H and O–H groups in total. The van der Waals surface area contributed by atoms with Crippen LogP contribution in [0.25, 0.3) is 0 Å². The summed E-state index contributed by atoms with van der Waals surface area (Å²) in [6.07, 6.45) is 5.16. The van der Waals surface area contributed by atoms with E-state index < -0.39 is 0 Å². The molecular formula is C19H29ClN2. The number of hydrogen-bond acceptors (Lipinski definition) is 2. The van der Waals surface area contributed by atoms with E-state index in [0.717, 1.165) is 12.5 Å². The Kier molecular flexibility index (Phi) is 5.43. The fourth-order valence-corrected chi connectivity index (χ4v) is 4.09. The minimum absolute atomic E-state index is 0.555. The first-order valence-corrected chi connectivity index (χ1v) is 9.20. The van der Waals surface area contributed by atoms with Crippen molar-refractivity contribution < 1.29 is 0 Å². The van der Waals surface area contributed by atoms with Crippen molar-refractivity contribution in [2.75, 3.05) is 19.6 Å². The van der Waals surface area contributed by atoms with E-state index in [1.54, 1.807) is 0 Å². The lowest BCUT2D eigenvalue weighted by molar-refractivity contribution is 0.142. The average molecular weight is 321 g/mol. The van der Waals surface area contributed by atoms with Crippen LogP contribution >= 0.6 is 11.8 Å².